The summed E-state index contributed by atoms with van der Waals surface area (Å²) < 4.78 is 10.4. The Bertz CT molecular complexity index is 440. The first-order valence-corrected chi connectivity index (χ1v) is 16.2. The molecule has 0 aliphatic rings. The molecule has 0 aliphatic carbocycles. The summed E-state index contributed by atoms with van der Waals surface area (Å²) in [6.45, 7) is 6.71. The maximum absolute atomic E-state index is 10.8. The second kappa shape index (κ2) is 10.9. The molecule has 1 aromatic carbocycles. The Morgan fingerprint density at radius 2 is 1.35 bits per heavy atom. The molecule has 0 radical (unpaired) electrons. The molecular weight excluding hydrogens is 397 g/mol. The Balaban J connectivity index is 2.92. The van der Waals surface area contributed by atoms with Crippen LogP contribution in [0.1, 0.15) is 59.3 Å². The van der Waals surface area contributed by atoms with E-state index in [1.165, 1.54) is 51.8 Å². The van der Waals surface area contributed by atoms with Gasteiger partial charge in [0.15, 0.2) is 0 Å². The molecule has 1 aromatic rings. The quantitative estimate of drug-likeness (QED) is 0.223. The number of hydrogen-bond acceptors (Lipinski definition) is 3. The summed E-state index contributed by atoms with van der Waals surface area (Å²) in [6.07, 6.45) is 7.37. The van der Waals surface area contributed by atoms with E-state index in [1.807, 2.05) is 0 Å². The van der Waals surface area contributed by atoms with Crippen LogP contribution in [-0.4, -0.2) is 23.7 Å². The van der Waals surface area contributed by atoms with Crippen molar-refractivity contribution in [2.24, 2.45) is 0 Å². The summed E-state index contributed by atoms with van der Waals surface area (Å²) in [5.74, 6) is 0.842. The monoisotopic (exact) mass is 429 g/mol. The SMILES string of the molecule is CCC[CH2][Sn]([CH2]CCC)([CH2]CCC)[O]c1ccc([N+](=O)[O-])cc1. The molecule has 0 unspecified atom stereocenters. The van der Waals surface area contributed by atoms with Gasteiger partial charge in [0.2, 0.25) is 0 Å². The third-order valence-electron chi connectivity index (χ3n) is 4.34. The van der Waals surface area contributed by atoms with E-state index in [2.05, 4.69) is 20.8 Å². The van der Waals surface area contributed by atoms with Gasteiger partial charge in [0, 0.05) is 0 Å². The summed E-state index contributed by atoms with van der Waals surface area (Å²) in [5.41, 5.74) is 0.133. The topological polar surface area (TPSA) is 52.4 Å². The molecule has 0 aliphatic heterocycles. The molecule has 0 heterocycles. The first-order valence-electron chi connectivity index (χ1n) is 9.00. The number of rotatable bonds is 12. The molecule has 1 rings (SSSR count). The van der Waals surface area contributed by atoms with Crippen molar-refractivity contribution in [2.75, 3.05) is 0 Å². The van der Waals surface area contributed by atoms with E-state index >= 15 is 0 Å². The molecule has 5 heteroatoms. The van der Waals surface area contributed by atoms with Crippen LogP contribution in [0.25, 0.3) is 0 Å². The molecule has 0 aromatic heterocycles. The van der Waals surface area contributed by atoms with Gasteiger partial charge in [-0.25, -0.2) is 0 Å². The summed E-state index contributed by atoms with van der Waals surface area (Å²) in [6, 6.07) is 6.69. The minimum absolute atomic E-state index is 0.133. The van der Waals surface area contributed by atoms with Gasteiger partial charge in [0.25, 0.3) is 0 Å². The summed E-state index contributed by atoms with van der Waals surface area (Å²) in [4.78, 5) is 10.4. The van der Waals surface area contributed by atoms with E-state index < -0.39 is 18.8 Å². The Morgan fingerprint density at radius 1 is 0.913 bits per heavy atom. The summed E-state index contributed by atoms with van der Waals surface area (Å²) in [7, 11) is 0. The minimum atomic E-state index is -2.68. The third kappa shape index (κ3) is 7.10. The van der Waals surface area contributed by atoms with Gasteiger partial charge in [-0.3, -0.25) is 0 Å². The molecule has 0 bridgehead atoms. The van der Waals surface area contributed by atoms with Gasteiger partial charge in [-0.15, -0.1) is 0 Å². The zero-order chi connectivity index (χ0) is 17.1. The number of unbranched alkanes of at least 4 members (excludes halogenated alkanes) is 3. The number of hydrogen-bond donors (Lipinski definition) is 0. The van der Waals surface area contributed by atoms with Crippen LogP contribution in [0.4, 0.5) is 5.69 Å². The second-order valence-corrected chi connectivity index (χ2v) is 18.0. The number of non-ortho nitro benzene ring substituents is 1. The molecule has 0 N–H and O–H groups in total. The fourth-order valence-corrected chi connectivity index (χ4v) is 16.3. The van der Waals surface area contributed by atoms with Crippen LogP contribution in [0.2, 0.25) is 13.3 Å². The average molecular weight is 428 g/mol. The van der Waals surface area contributed by atoms with Crippen molar-refractivity contribution < 1.29 is 8.00 Å². The van der Waals surface area contributed by atoms with Crippen LogP contribution in [0.5, 0.6) is 5.75 Å². The van der Waals surface area contributed by atoms with Crippen LogP contribution in [0, 0.1) is 10.1 Å². The fourth-order valence-electron chi connectivity index (χ4n) is 2.91. The third-order valence-corrected chi connectivity index (χ3v) is 17.1. The Morgan fingerprint density at radius 3 is 1.70 bits per heavy atom. The van der Waals surface area contributed by atoms with Crippen molar-refractivity contribution >= 4 is 24.5 Å². The van der Waals surface area contributed by atoms with Crippen molar-refractivity contribution in [2.45, 2.75) is 72.6 Å². The fraction of sp³-hybridized carbons (Fsp3) is 0.667. The van der Waals surface area contributed by atoms with Gasteiger partial charge in [-0.1, -0.05) is 0 Å². The van der Waals surface area contributed by atoms with Gasteiger partial charge in [0.1, 0.15) is 0 Å². The Hall–Kier alpha value is -0.781. The van der Waals surface area contributed by atoms with Crippen LogP contribution in [-0.2, 0) is 0 Å². The van der Waals surface area contributed by atoms with E-state index in [9.17, 15) is 10.1 Å². The maximum atomic E-state index is 10.8. The number of nitrogens with zero attached hydrogens (tertiary/aromatic N) is 1. The molecule has 130 valence electrons. The Labute approximate surface area is 145 Å². The molecule has 0 atom stereocenters. The van der Waals surface area contributed by atoms with Gasteiger partial charge in [-0.2, -0.15) is 0 Å². The van der Waals surface area contributed by atoms with Gasteiger partial charge in [-0.05, 0) is 0 Å². The molecule has 0 amide bonds. The number of nitro groups is 1. The van der Waals surface area contributed by atoms with Crippen LogP contribution in [0.15, 0.2) is 24.3 Å². The predicted molar refractivity (Wildman–Crippen MR) is 98.6 cm³/mol. The summed E-state index contributed by atoms with van der Waals surface area (Å²) >= 11 is -2.68. The molecule has 0 saturated carbocycles. The first kappa shape index (κ1) is 20.3. The average Bonchev–Trinajstić information content (AvgIpc) is 2.56. The van der Waals surface area contributed by atoms with E-state index in [4.69, 9.17) is 3.07 Å². The molecule has 0 spiro atoms. The predicted octanol–water partition coefficient (Wildman–Crippen LogP) is 6.32. The molecular formula is C18H31NO3Sn. The van der Waals surface area contributed by atoms with Crippen molar-refractivity contribution in [1.29, 1.82) is 0 Å². The van der Waals surface area contributed by atoms with E-state index in [1.54, 1.807) is 24.3 Å². The zero-order valence-electron chi connectivity index (χ0n) is 14.8. The van der Waals surface area contributed by atoms with Gasteiger partial charge >= 0.3 is 145 Å². The van der Waals surface area contributed by atoms with Crippen LogP contribution in [0.3, 0.4) is 0 Å². The van der Waals surface area contributed by atoms with Crippen LogP contribution >= 0.6 is 0 Å². The van der Waals surface area contributed by atoms with Crippen molar-refractivity contribution in [3.05, 3.63) is 34.4 Å². The second-order valence-electron chi connectivity index (χ2n) is 6.35. The molecule has 0 fully saturated rings. The standard InChI is InChI=1S/C6H5NO3.3C4H9.Sn/c8-6-3-1-5(2-4-6)7(9)10;3*1-3-4-2;/h1-4,8H;3*1,3-4H2,2H3;/q;;;;+1/p-1. The zero-order valence-corrected chi connectivity index (χ0v) is 17.7. The van der Waals surface area contributed by atoms with Gasteiger partial charge < -0.3 is 0 Å². The van der Waals surface area contributed by atoms with Crippen molar-refractivity contribution in [3.8, 4) is 5.75 Å². The number of benzene rings is 1. The van der Waals surface area contributed by atoms with Gasteiger partial charge in [0.05, 0.1) is 0 Å². The normalized spacial score (nSPS) is 11.4. The molecule has 23 heavy (non-hydrogen) atoms. The van der Waals surface area contributed by atoms with E-state index in [0.717, 1.165) is 5.75 Å². The number of nitro benzene ring substituents is 1. The Kier molecular flexibility index (Phi) is 9.60. The van der Waals surface area contributed by atoms with E-state index in [0.29, 0.717) is 0 Å². The summed E-state index contributed by atoms with van der Waals surface area (Å²) in [5, 5.41) is 10.8. The van der Waals surface area contributed by atoms with Crippen LogP contribution < -0.4 is 3.07 Å². The van der Waals surface area contributed by atoms with Crippen molar-refractivity contribution in [1.82, 2.24) is 0 Å². The first-order chi connectivity index (χ1) is 11.1. The van der Waals surface area contributed by atoms with E-state index in [-0.39, 0.29) is 10.6 Å². The molecule has 0 saturated heterocycles. The molecule has 4 nitrogen and oxygen atoms in total. The van der Waals surface area contributed by atoms with Crippen molar-refractivity contribution in [3.63, 3.8) is 0 Å².